The average Bonchev–Trinajstić information content (AvgIpc) is 2.44. The van der Waals surface area contributed by atoms with Gasteiger partial charge in [0, 0.05) is 10.0 Å². The second-order valence-corrected chi connectivity index (χ2v) is 4.82. The number of carbonyl (C=O) groups is 1. The monoisotopic (exact) mass is 320 g/mol. The largest absolute Gasteiger partial charge is 0.496 e. The first-order chi connectivity index (χ1) is 9.15. The van der Waals surface area contributed by atoms with Gasteiger partial charge in [0.25, 0.3) is 0 Å². The zero-order valence-electron chi connectivity index (χ0n) is 10.6. The van der Waals surface area contributed by atoms with Gasteiger partial charge in [0.2, 0.25) is 0 Å². The highest BCUT2D eigenvalue weighted by atomic mass is 79.9. The van der Waals surface area contributed by atoms with Crippen molar-refractivity contribution in [2.75, 3.05) is 14.2 Å². The lowest BCUT2D eigenvalue weighted by Gasteiger charge is -2.10. The molecule has 0 amide bonds. The summed E-state index contributed by atoms with van der Waals surface area (Å²) in [5.74, 6) is 0.0411. The van der Waals surface area contributed by atoms with Gasteiger partial charge >= 0.3 is 5.97 Å². The highest BCUT2D eigenvalue weighted by molar-refractivity contribution is 9.10. The van der Waals surface area contributed by atoms with E-state index in [0.29, 0.717) is 5.76 Å². The lowest BCUT2D eigenvalue weighted by atomic mass is 10.0. The maximum atomic E-state index is 11.4. The summed E-state index contributed by atoms with van der Waals surface area (Å²) in [5, 5.41) is 2.09. The quantitative estimate of drug-likeness (QED) is 0.490. The molecule has 0 saturated carbocycles. The molecule has 4 heteroatoms. The molecule has 0 atom stereocenters. The van der Waals surface area contributed by atoms with Crippen molar-refractivity contribution >= 4 is 38.4 Å². The van der Waals surface area contributed by atoms with Crippen LogP contribution >= 0.6 is 15.9 Å². The van der Waals surface area contributed by atoms with E-state index in [0.717, 1.165) is 20.8 Å². The number of esters is 1. The first-order valence-electron chi connectivity index (χ1n) is 5.68. The normalized spacial score (nSPS) is 11.4. The van der Waals surface area contributed by atoms with E-state index in [2.05, 4.69) is 20.7 Å². The van der Waals surface area contributed by atoms with E-state index in [-0.39, 0.29) is 0 Å². The fourth-order valence-electron chi connectivity index (χ4n) is 1.87. The van der Waals surface area contributed by atoms with Crippen LogP contribution in [-0.4, -0.2) is 20.2 Å². The Hall–Kier alpha value is -1.81. The van der Waals surface area contributed by atoms with Gasteiger partial charge in [-0.2, -0.15) is 0 Å². The van der Waals surface area contributed by atoms with Gasteiger partial charge in [-0.25, -0.2) is 4.79 Å². The van der Waals surface area contributed by atoms with Gasteiger partial charge in [-0.05, 0) is 22.9 Å². The van der Waals surface area contributed by atoms with E-state index >= 15 is 0 Å². The van der Waals surface area contributed by atoms with Crippen molar-refractivity contribution in [3.05, 3.63) is 52.5 Å². The molecule has 0 fully saturated rings. The van der Waals surface area contributed by atoms with Crippen LogP contribution in [-0.2, 0) is 14.3 Å². The lowest BCUT2D eigenvalue weighted by Crippen LogP contribution is -1.99. The van der Waals surface area contributed by atoms with Crippen molar-refractivity contribution in [1.82, 2.24) is 0 Å². The molecule has 0 aromatic heterocycles. The number of fused-ring (bicyclic) bond motifs is 1. The molecule has 98 valence electrons. The Morgan fingerprint density at radius 2 is 1.95 bits per heavy atom. The zero-order valence-corrected chi connectivity index (χ0v) is 12.2. The van der Waals surface area contributed by atoms with Crippen LogP contribution in [0.3, 0.4) is 0 Å². The van der Waals surface area contributed by atoms with Crippen LogP contribution in [0.2, 0.25) is 0 Å². The van der Waals surface area contributed by atoms with Gasteiger partial charge in [0.05, 0.1) is 20.3 Å². The minimum absolute atomic E-state index is 0.441. The number of benzene rings is 2. The molecular formula is C15H13BrO3. The summed E-state index contributed by atoms with van der Waals surface area (Å²) in [6.45, 7) is 0. The molecule has 19 heavy (non-hydrogen) atoms. The summed E-state index contributed by atoms with van der Waals surface area (Å²) in [4.78, 5) is 11.4. The lowest BCUT2D eigenvalue weighted by molar-refractivity contribution is -0.134. The van der Waals surface area contributed by atoms with Gasteiger partial charge in [-0.3, -0.25) is 0 Å². The molecule has 2 rings (SSSR count). The number of hydrogen-bond donors (Lipinski definition) is 0. The van der Waals surface area contributed by atoms with Crippen molar-refractivity contribution < 1.29 is 14.3 Å². The maximum absolute atomic E-state index is 11.4. The van der Waals surface area contributed by atoms with Crippen molar-refractivity contribution in [1.29, 1.82) is 0 Å². The van der Waals surface area contributed by atoms with Crippen molar-refractivity contribution in [3.8, 4) is 0 Å². The molecule has 0 radical (unpaired) electrons. The molecule has 0 bridgehead atoms. The smallest absolute Gasteiger partial charge is 0.334 e. The molecule has 3 nitrogen and oxygen atoms in total. The standard InChI is InChI=1S/C15H13BrO3/c1-18-14(9-15(17)19-2)12-5-3-4-10-6-7-11(16)8-13(10)12/h3-9H,1-2H3/b14-9+. The molecule has 0 N–H and O–H groups in total. The summed E-state index contributed by atoms with van der Waals surface area (Å²) in [7, 11) is 2.87. The van der Waals surface area contributed by atoms with Gasteiger partial charge in [0.1, 0.15) is 5.76 Å². The fourth-order valence-corrected chi connectivity index (χ4v) is 2.23. The summed E-state index contributed by atoms with van der Waals surface area (Å²) in [6.07, 6.45) is 1.34. The predicted octanol–water partition coefficient (Wildman–Crippen LogP) is 3.76. The van der Waals surface area contributed by atoms with Gasteiger partial charge in [-0.1, -0.05) is 40.2 Å². The first kappa shape index (κ1) is 13.6. The van der Waals surface area contributed by atoms with E-state index in [1.807, 2.05) is 36.4 Å². The molecule has 2 aromatic rings. The highest BCUT2D eigenvalue weighted by Crippen LogP contribution is 2.28. The number of methoxy groups -OCH3 is 2. The second kappa shape index (κ2) is 5.89. The van der Waals surface area contributed by atoms with Crippen LogP contribution in [0.5, 0.6) is 0 Å². The van der Waals surface area contributed by atoms with Crippen molar-refractivity contribution in [2.24, 2.45) is 0 Å². The Morgan fingerprint density at radius 3 is 2.63 bits per heavy atom. The van der Waals surface area contributed by atoms with Gasteiger partial charge in [0.15, 0.2) is 0 Å². The summed E-state index contributed by atoms with van der Waals surface area (Å²) < 4.78 is 10.9. The Morgan fingerprint density at radius 1 is 1.16 bits per heavy atom. The molecule has 2 aromatic carbocycles. The SMILES string of the molecule is COC(=O)/C=C(/OC)c1cccc2ccc(Br)cc12. The summed E-state index contributed by atoms with van der Waals surface area (Å²) in [5.41, 5.74) is 0.853. The van der Waals surface area contributed by atoms with Gasteiger partial charge in [-0.15, -0.1) is 0 Å². The number of rotatable bonds is 3. The van der Waals surface area contributed by atoms with Crippen LogP contribution in [0.25, 0.3) is 16.5 Å². The number of hydrogen-bond acceptors (Lipinski definition) is 3. The molecule has 0 aliphatic heterocycles. The molecule has 0 aliphatic rings. The Bertz CT molecular complexity index is 647. The molecule has 0 heterocycles. The minimum Gasteiger partial charge on any atom is -0.496 e. The second-order valence-electron chi connectivity index (χ2n) is 3.91. The number of ether oxygens (including phenoxy) is 2. The van der Waals surface area contributed by atoms with Crippen LogP contribution in [0, 0.1) is 0 Å². The molecule has 0 saturated heterocycles. The van der Waals surface area contributed by atoms with Crippen molar-refractivity contribution in [2.45, 2.75) is 0 Å². The van der Waals surface area contributed by atoms with E-state index in [1.54, 1.807) is 0 Å². The highest BCUT2D eigenvalue weighted by Gasteiger charge is 2.09. The third-order valence-corrected chi connectivity index (χ3v) is 3.27. The predicted molar refractivity (Wildman–Crippen MR) is 78.7 cm³/mol. The van der Waals surface area contributed by atoms with Gasteiger partial charge < -0.3 is 9.47 Å². The summed E-state index contributed by atoms with van der Waals surface area (Å²) >= 11 is 3.45. The van der Waals surface area contributed by atoms with E-state index in [9.17, 15) is 4.79 Å². The fraction of sp³-hybridized carbons (Fsp3) is 0.133. The molecule has 0 aliphatic carbocycles. The van der Waals surface area contributed by atoms with E-state index in [1.165, 1.54) is 20.3 Å². The summed E-state index contributed by atoms with van der Waals surface area (Å²) in [6, 6.07) is 11.8. The first-order valence-corrected chi connectivity index (χ1v) is 6.47. The molecular weight excluding hydrogens is 308 g/mol. The number of carbonyl (C=O) groups excluding carboxylic acids is 1. The Kier molecular flexibility index (Phi) is 4.22. The Balaban J connectivity index is 2.63. The Labute approximate surface area is 120 Å². The van der Waals surface area contributed by atoms with E-state index < -0.39 is 5.97 Å². The molecule has 0 unspecified atom stereocenters. The van der Waals surface area contributed by atoms with Crippen LogP contribution < -0.4 is 0 Å². The van der Waals surface area contributed by atoms with Crippen LogP contribution in [0.1, 0.15) is 5.56 Å². The topological polar surface area (TPSA) is 35.5 Å². The maximum Gasteiger partial charge on any atom is 0.334 e. The molecule has 0 spiro atoms. The number of halogens is 1. The minimum atomic E-state index is -0.441. The average molecular weight is 321 g/mol. The third-order valence-electron chi connectivity index (χ3n) is 2.78. The van der Waals surface area contributed by atoms with Crippen LogP contribution in [0.15, 0.2) is 46.9 Å². The zero-order chi connectivity index (χ0) is 13.8. The third kappa shape index (κ3) is 2.96. The van der Waals surface area contributed by atoms with Crippen LogP contribution in [0.4, 0.5) is 0 Å². The van der Waals surface area contributed by atoms with Crippen molar-refractivity contribution in [3.63, 3.8) is 0 Å². The van der Waals surface area contributed by atoms with E-state index in [4.69, 9.17) is 4.74 Å².